The summed E-state index contributed by atoms with van der Waals surface area (Å²) in [5.74, 6) is 1.59. The number of hydrogen-bond acceptors (Lipinski definition) is 3. The van der Waals surface area contributed by atoms with E-state index in [1.807, 2.05) is 54.6 Å². The van der Waals surface area contributed by atoms with Gasteiger partial charge in [-0.2, -0.15) is 0 Å². The molecule has 0 atom stereocenters. The summed E-state index contributed by atoms with van der Waals surface area (Å²) >= 11 is 9.31. The van der Waals surface area contributed by atoms with Gasteiger partial charge in [0, 0.05) is 28.0 Å². The number of amides is 1. The summed E-state index contributed by atoms with van der Waals surface area (Å²) in [7, 11) is 0. The monoisotopic (exact) mass is 497 g/mol. The Labute approximate surface area is 194 Å². The zero-order valence-corrected chi connectivity index (χ0v) is 19.1. The average Bonchev–Trinajstić information content (AvgIpc) is 3.13. The molecular weight excluding hydrogens is 478 g/mol. The molecule has 0 aliphatic carbocycles. The molecule has 0 fully saturated rings. The van der Waals surface area contributed by atoms with Gasteiger partial charge >= 0.3 is 0 Å². The molecular formula is C24H21BrClN3O2. The second-order valence-electron chi connectivity index (χ2n) is 6.98. The lowest BCUT2D eigenvalue weighted by molar-refractivity contribution is 0.0954. The highest BCUT2D eigenvalue weighted by Gasteiger charge is 2.12. The van der Waals surface area contributed by atoms with Gasteiger partial charge in [-0.15, -0.1) is 0 Å². The number of carbonyl (C=O) groups is 1. The van der Waals surface area contributed by atoms with E-state index in [-0.39, 0.29) is 5.91 Å². The molecule has 0 saturated carbocycles. The van der Waals surface area contributed by atoms with Crippen molar-refractivity contribution in [1.82, 2.24) is 14.9 Å². The van der Waals surface area contributed by atoms with E-state index in [0.717, 1.165) is 27.1 Å². The number of benzene rings is 3. The van der Waals surface area contributed by atoms with Gasteiger partial charge in [-0.05, 0) is 60.7 Å². The third-order valence-electron chi connectivity index (χ3n) is 4.87. The van der Waals surface area contributed by atoms with Crippen molar-refractivity contribution < 1.29 is 9.53 Å². The van der Waals surface area contributed by atoms with Crippen LogP contribution in [0, 0.1) is 0 Å². The number of aromatic nitrogens is 2. The largest absolute Gasteiger partial charge is 0.492 e. The number of rotatable bonds is 8. The lowest BCUT2D eigenvalue weighted by Gasteiger charge is -2.11. The number of hydrogen-bond donors (Lipinski definition) is 1. The van der Waals surface area contributed by atoms with E-state index in [0.29, 0.717) is 36.7 Å². The van der Waals surface area contributed by atoms with E-state index in [1.54, 1.807) is 12.1 Å². The van der Waals surface area contributed by atoms with Gasteiger partial charge in [-0.25, -0.2) is 4.98 Å². The lowest BCUT2D eigenvalue weighted by Crippen LogP contribution is -2.26. The van der Waals surface area contributed by atoms with E-state index in [1.165, 1.54) is 0 Å². The van der Waals surface area contributed by atoms with Gasteiger partial charge in [0.1, 0.15) is 18.2 Å². The van der Waals surface area contributed by atoms with Crippen LogP contribution in [0.4, 0.5) is 0 Å². The Hall–Kier alpha value is -2.83. The van der Waals surface area contributed by atoms with Crippen LogP contribution in [0.1, 0.15) is 16.2 Å². The summed E-state index contributed by atoms with van der Waals surface area (Å²) in [6.07, 6.45) is 0.623. The minimum Gasteiger partial charge on any atom is -0.492 e. The molecule has 0 aliphatic rings. The minimum atomic E-state index is -0.0961. The zero-order chi connectivity index (χ0) is 21.6. The van der Waals surface area contributed by atoms with Gasteiger partial charge in [0.05, 0.1) is 17.6 Å². The molecule has 0 radical (unpaired) electrons. The van der Waals surface area contributed by atoms with Crippen LogP contribution in [-0.2, 0) is 13.0 Å². The molecule has 4 aromatic rings. The molecule has 0 aliphatic heterocycles. The number of imidazole rings is 1. The van der Waals surface area contributed by atoms with E-state index in [2.05, 4.69) is 31.9 Å². The van der Waals surface area contributed by atoms with Crippen LogP contribution in [0.15, 0.2) is 77.3 Å². The van der Waals surface area contributed by atoms with Gasteiger partial charge in [0.15, 0.2) is 0 Å². The quantitative estimate of drug-likeness (QED) is 0.349. The van der Waals surface area contributed by atoms with Crippen LogP contribution >= 0.6 is 27.5 Å². The molecule has 4 rings (SSSR count). The molecule has 31 heavy (non-hydrogen) atoms. The highest BCUT2D eigenvalue weighted by Crippen LogP contribution is 2.18. The Bertz CT molecular complexity index is 1170. The first-order valence-corrected chi connectivity index (χ1v) is 11.1. The molecule has 3 aromatic carbocycles. The summed E-state index contributed by atoms with van der Waals surface area (Å²) in [4.78, 5) is 17.1. The third-order valence-corrected chi connectivity index (χ3v) is 5.65. The molecule has 158 valence electrons. The lowest BCUT2D eigenvalue weighted by atomic mass is 10.2. The van der Waals surface area contributed by atoms with Crippen molar-refractivity contribution in [3.05, 3.63) is 93.7 Å². The molecule has 0 bridgehead atoms. The fraction of sp³-hybridized carbons (Fsp3) is 0.167. The van der Waals surface area contributed by atoms with Crippen LogP contribution in [0.5, 0.6) is 5.75 Å². The number of nitrogens with one attached hydrogen (secondary N) is 1. The van der Waals surface area contributed by atoms with Crippen LogP contribution in [0.3, 0.4) is 0 Å². The molecule has 1 amide bonds. The Morgan fingerprint density at radius 3 is 2.55 bits per heavy atom. The first kappa shape index (κ1) is 21.4. The van der Waals surface area contributed by atoms with E-state index in [9.17, 15) is 4.79 Å². The normalized spacial score (nSPS) is 10.9. The van der Waals surface area contributed by atoms with Gasteiger partial charge in [0.25, 0.3) is 5.91 Å². The average molecular weight is 499 g/mol. The molecule has 0 saturated heterocycles. The maximum Gasteiger partial charge on any atom is 0.251 e. The van der Waals surface area contributed by atoms with Crippen LogP contribution in [0.2, 0.25) is 5.02 Å². The van der Waals surface area contributed by atoms with Gasteiger partial charge in [-0.1, -0.05) is 39.7 Å². The van der Waals surface area contributed by atoms with Gasteiger partial charge in [-0.3, -0.25) is 4.79 Å². The van der Waals surface area contributed by atoms with Gasteiger partial charge < -0.3 is 14.6 Å². The predicted octanol–water partition coefficient (Wildman–Crippen LogP) is 5.50. The molecule has 1 aromatic heterocycles. The molecule has 1 heterocycles. The van der Waals surface area contributed by atoms with Crippen LogP contribution in [0.25, 0.3) is 11.0 Å². The van der Waals surface area contributed by atoms with Crippen molar-refractivity contribution in [1.29, 1.82) is 0 Å². The molecule has 5 nitrogen and oxygen atoms in total. The van der Waals surface area contributed by atoms with Crippen molar-refractivity contribution in [3.8, 4) is 5.75 Å². The number of fused-ring (bicyclic) bond motifs is 1. The number of ether oxygens (including phenoxy) is 1. The fourth-order valence-corrected chi connectivity index (χ4v) is 3.73. The fourth-order valence-electron chi connectivity index (χ4n) is 3.34. The van der Waals surface area contributed by atoms with Gasteiger partial charge in [0.2, 0.25) is 0 Å². The minimum absolute atomic E-state index is 0.0961. The predicted molar refractivity (Wildman–Crippen MR) is 127 cm³/mol. The molecule has 0 spiro atoms. The SMILES string of the molecule is O=C(NCCc1nc2ccccc2n1CCOc1ccc(Cl)cc1)c1ccc(Br)cc1. The molecule has 7 heteroatoms. The second-order valence-corrected chi connectivity index (χ2v) is 8.34. The number of halogens is 2. The summed E-state index contributed by atoms with van der Waals surface area (Å²) < 4.78 is 8.96. The van der Waals surface area contributed by atoms with Crippen molar-refractivity contribution in [3.63, 3.8) is 0 Å². The van der Waals surface area contributed by atoms with E-state index in [4.69, 9.17) is 21.3 Å². The maximum absolute atomic E-state index is 12.4. The Kier molecular flexibility index (Phi) is 6.89. The molecule has 1 N–H and O–H groups in total. The van der Waals surface area contributed by atoms with Crippen LogP contribution < -0.4 is 10.1 Å². The highest BCUT2D eigenvalue weighted by molar-refractivity contribution is 9.10. The smallest absolute Gasteiger partial charge is 0.251 e. The first-order chi connectivity index (χ1) is 15.1. The Morgan fingerprint density at radius 1 is 1.03 bits per heavy atom. The highest BCUT2D eigenvalue weighted by atomic mass is 79.9. The maximum atomic E-state index is 12.4. The van der Waals surface area contributed by atoms with E-state index >= 15 is 0 Å². The van der Waals surface area contributed by atoms with Crippen molar-refractivity contribution in [2.75, 3.05) is 13.2 Å². The first-order valence-electron chi connectivity index (χ1n) is 9.96. The second kappa shape index (κ2) is 9.98. The summed E-state index contributed by atoms with van der Waals surface area (Å²) in [6, 6.07) is 22.6. The third kappa shape index (κ3) is 5.46. The Morgan fingerprint density at radius 2 is 1.77 bits per heavy atom. The van der Waals surface area contributed by atoms with Crippen molar-refractivity contribution >= 4 is 44.5 Å². The Balaban J connectivity index is 1.41. The summed E-state index contributed by atoms with van der Waals surface area (Å²) in [5, 5.41) is 3.66. The number of nitrogens with zero attached hydrogens (tertiary/aromatic N) is 2. The van der Waals surface area contributed by atoms with E-state index < -0.39 is 0 Å². The standard InChI is InChI=1S/C24H21BrClN3O2/c25-18-7-5-17(6-8-18)24(30)27-14-13-23-28-21-3-1-2-4-22(21)29(23)15-16-31-20-11-9-19(26)10-12-20/h1-12H,13-16H2,(H,27,30). The number of para-hydroxylation sites is 2. The number of carbonyl (C=O) groups excluding carboxylic acids is 1. The summed E-state index contributed by atoms with van der Waals surface area (Å²) in [6.45, 7) is 1.65. The topological polar surface area (TPSA) is 56.2 Å². The van der Waals surface area contributed by atoms with Crippen molar-refractivity contribution in [2.24, 2.45) is 0 Å². The molecule has 0 unspecified atom stereocenters. The summed E-state index contributed by atoms with van der Waals surface area (Å²) in [5.41, 5.74) is 2.62. The van der Waals surface area contributed by atoms with Crippen molar-refractivity contribution in [2.45, 2.75) is 13.0 Å². The van der Waals surface area contributed by atoms with Crippen LogP contribution in [-0.4, -0.2) is 28.6 Å². The zero-order valence-electron chi connectivity index (χ0n) is 16.7.